The topological polar surface area (TPSA) is 57.5 Å². The largest absolute Gasteiger partial charge is 0.479 e. The molecular weight excluding hydrogens is 144 g/mol. The number of hydrogen-bond donors (Lipinski definition) is 2. The van der Waals surface area contributed by atoms with Crippen LogP contribution in [0.1, 0.15) is 40.0 Å². The van der Waals surface area contributed by atoms with E-state index in [0.717, 1.165) is 0 Å². The van der Waals surface area contributed by atoms with Crippen LogP contribution in [0, 0.1) is 0 Å². The molecule has 0 radical (unpaired) electrons. The number of rotatable bonds is 3. The molecule has 0 fully saturated rings. The minimum Gasteiger partial charge on any atom is -0.479 e. The summed E-state index contributed by atoms with van der Waals surface area (Å²) in [4.78, 5) is 9.68. The summed E-state index contributed by atoms with van der Waals surface area (Å²) in [6.45, 7) is 5.97. The zero-order chi connectivity index (χ0) is 9.28. The van der Waals surface area contributed by atoms with Gasteiger partial charge in [-0.3, -0.25) is 0 Å². The number of unbranched alkanes of at least 4 members (excludes halogenated alkanes) is 1. The molecule has 0 aromatic rings. The Morgan fingerprint density at radius 3 is 1.64 bits per heavy atom. The highest BCUT2D eigenvalue weighted by Gasteiger charge is 2.07. The molecule has 1 unspecified atom stereocenters. The monoisotopic (exact) mass is 162 g/mol. The highest BCUT2D eigenvalue weighted by Crippen LogP contribution is 1.86. The summed E-state index contributed by atoms with van der Waals surface area (Å²) in [5.74, 6) is -1.15. The van der Waals surface area contributed by atoms with Gasteiger partial charge in [-0.05, 0) is 6.42 Å². The van der Waals surface area contributed by atoms with Gasteiger partial charge in [0.1, 0.15) is 0 Å². The Bertz CT molecular complexity index is 89.3. The summed E-state index contributed by atoms with van der Waals surface area (Å²) in [5.41, 5.74) is 0. The first-order chi connectivity index (χ1) is 5.09. The first kappa shape index (κ1) is 13.1. The van der Waals surface area contributed by atoms with Gasteiger partial charge in [0, 0.05) is 0 Å². The fourth-order valence-corrected chi connectivity index (χ4v) is 0.175. The molecule has 3 nitrogen and oxygen atoms in total. The Morgan fingerprint density at radius 2 is 1.64 bits per heavy atom. The second kappa shape index (κ2) is 9.43. The summed E-state index contributed by atoms with van der Waals surface area (Å²) in [6.07, 6.45) is 1.73. The number of carbonyl (C=O) groups is 1. The summed E-state index contributed by atoms with van der Waals surface area (Å²) in [7, 11) is 0. The van der Waals surface area contributed by atoms with Crippen molar-refractivity contribution in [2.45, 2.75) is 46.1 Å². The molecule has 0 aromatic heterocycles. The molecule has 0 rings (SSSR count). The van der Waals surface area contributed by atoms with E-state index >= 15 is 0 Å². The quantitative estimate of drug-likeness (QED) is 0.663. The van der Waals surface area contributed by atoms with Crippen LogP contribution in [-0.4, -0.2) is 22.3 Å². The van der Waals surface area contributed by atoms with Crippen LogP contribution in [0.4, 0.5) is 0 Å². The van der Waals surface area contributed by atoms with Crippen molar-refractivity contribution in [3.8, 4) is 0 Å². The van der Waals surface area contributed by atoms with E-state index in [1.807, 2.05) is 0 Å². The van der Waals surface area contributed by atoms with E-state index < -0.39 is 12.1 Å². The molecular formula is C8H18O3. The number of carboxylic acids is 1. The molecule has 0 aliphatic heterocycles. The van der Waals surface area contributed by atoms with Crippen molar-refractivity contribution in [2.24, 2.45) is 0 Å². The van der Waals surface area contributed by atoms with Crippen LogP contribution in [0.3, 0.4) is 0 Å². The summed E-state index contributed by atoms with van der Waals surface area (Å²) in [6, 6.07) is 0. The minimum atomic E-state index is -1.18. The molecule has 11 heavy (non-hydrogen) atoms. The van der Waals surface area contributed by atoms with E-state index in [2.05, 4.69) is 13.8 Å². The van der Waals surface area contributed by atoms with Crippen LogP contribution in [0.5, 0.6) is 0 Å². The van der Waals surface area contributed by atoms with Crippen LogP contribution in [-0.2, 0) is 4.79 Å². The van der Waals surface area contributed by atoms with E-state index in [9.17, 15) is 4.79 Å². The smallest absolute Gasteiger partial charge is 0.332 e. The molecule has 1 atom stereocenters. The van der Waals surface area contributed by atoms with Crippen molar-refractivity contribution in [3.63, 3.8) is 0 Å². The molecule has 0 aliphatic rings. The van der Waals surface area contributed by atoms with Crippen LogP contribution in [0.2, 0.25) is 0 Å². The fraction of sp³-hybridized carbons (Fsp3) is 0.875. The Hall–Kier alpha value is -0.570. The molecule has 0 aromatic carbocycles. The molecule has 0 saturated heterocycles. The molecule has 0 spiro atoms. The van der Waals surface area contributed by atoms with Crippen LogP contribution < -0.4 is 0 Å². The van der Waals surface area contributed by atoms with Gasteiger partial charge >= 0.3 is 5.97 Å². The van der Waals surface area contributed by atoms with Gasteiger partial charge in [0.05, 0.1) is 0 Å². The SMILES string of the molecule is CCC(O)C(=O)O.CCCC. The first-order valence-corrected chi connectivity index (χ1v) is 4.00. The van der Waals surface area contributed by atoms with Gasteiger partial charge in [-0.2, -0.15) is 0 Å². The van der Waals surface area contributed by atoms with Crippen molar-refractivity contribution < 1.29 is 15.0 Å². The van der Waals surface area contributed by atoms with Crippen LogP contribution in [0.25, 0.3) is 0 Å². The summed E-state index contributed by atoms with van der Waals surface area (Å²) >= 11 is 0. The van der Waals surface area contributed by atoms with Gasteiger partial charge in [-0.1, -0.05) is 33.6 Å². The Balaban J connectivity index is 0. The average molecular weight is 162 g/mol. The molecule has 0 aliphatic carbocycles. The second-order valence-corrected chi connectivity index (χ2v) is 2.26. The molecule has 0 amide bonds. The third-order valence-electron chi connectivity index (χ3n) is 1.17. The maximum absolute atomic E-state index is 9.68. The number of aliphatic hydroxyl groups is 1. The third-order valence-corrected chi connectivity index (χ3v) is 1.17. The molecule has 0 heterocycles. The highest BCUT2D eigenvalue weighted by molar-refractivity contribution is 5.71. The highest BCUT2D eigenvalue weighted by atomic mass is 16.4. The number of aliphatic hydroxyl groups excluding tert-OH is 1. The van der Waals surface area contributed by atoms with Crippen molar-refractivity contribution in [1.82, 2.24) is 0 Å². The van der Waals surface area contributed by atoms with E-state index in [0.29, 0.717) is 0 Å². The predicted molar refractivity (Wildman–Crippen MR) is 44.5 cm³/mol. The zero-order valence-corrected chi connectivity index (χ0v) is 7.50. The third kappa shape index (κ3) is 12.6. The standard InChI is InChI=1S/C4H8O3.C4H10/c1-2-3(5)4(6)7;1-3-4-2/h3,5H,2H2,1H3,(H,6,7);3-4H2,1-2H3. The lowest BCUT2D eigenvalue weighted by molar-refractivity contribution is -0.146. The lowest BCUT2D eigenvalue weighted by Crippen LogP contribution is -2.17. The Labute approximate surface area is 68.0 Å². The van der Waals surface area contributed by atoms with E-state index in [1.165, 1.54) is 12.8 Å². The maximum Gasteiger partial charge on any atom is 0.332 e. The fourth-order valence-electron chi connectivity index (χ4n) is 0.175. The van der Waals surface area contributed by atoms with Crippen molar-refractivity contribution in [1.29, 1.82) is 0 Å². The number of aliphatic carboxylic acids is 1. The van der Waals surface area contributed by atoms with Gasteiger partial charge in [0.15, 0.2) is 6.10 Å². The predicted octanol–water partition coefficient (Wildman–Crippen LogP) is 1.65. The Morgan fingerprint density at radius 1 is 1.27 bits per heavy atom. The van der Waals surface area contributed by atoms with Gasteiger partial charge in [-0.15, -0.1) is 0 Å². The molecule has 0 saturated carbocycles. The number of hydrogen-bond acceptors (Lipinski definition) is 2. The van der Waals surface area contributed by atoms with Crippen molar-refractivity contribution >= 4 is 5.97 Å². The zero-order valence-electron chi connectivity index (χ0n) is 7.50. The van der Waals surface area contributed by atoms with Gasteiger partial charge in [-0.25, -0.2) is 4.79 Å². The molecule has 2 N–H and O–H groups in total. The lowest BCUT2D eigenvalue weighted by atomic mass is 10.3. The lowest BCUT2D eigenvalue weighted by Gasteiger charge is -1.95. The second-order valence-electron chi connectivity index (χ2n) is 2.26. The van der Waals surface area contributed by atoms with Crippen LogP contribution >= 0.6 is 0 Å². The van der Waals surface area contributed by atoms with E-state index in [4.69, 9.17) is 10.2 Å². The maximum atomic E-state index is 9.68. The van der Waals surface area contributed by atoms with E-state index in [-0.39, 0.29) is 6.42 Å². The average Bonchev–Trinajstić information content (AvgIpc) is 2.03. The molecule has 68 valence electrons. The van der Waals surface area contributed by atoms with Crippen LogP contribution in [0.15, 0.2) is 0 Å². The molecule has 3 heteroatoms. The Kier molecular flexibility index (Phi) is 11.2. The first-order valence-electron chi connectivity index (χ1n) is 4.00. The van der Waals surface area contributed by atoms with E-state index in [1.54, 1.807) is 6.92 Å². The summed E-state index contributed by atoms with van der Waals surface area (Å²) < 4.78 is 0. The normalized spacial score (nSPS) is 11.3. The minimum absolute atomic E-state index is 0.273. The molecule has 0 bridgehead atoms. The van der Waals surface area contributed by atoms with Gasteiger partial charge in [0.2, 0.25) is 0 Å². The summed E-state index contributed by atoms with van der Waals surface area (Å²) in [5, 5.41) is 16.3. The van der Waals surface area contributed by atoms with Gasteiger partial charge in [0.25, 0.3) is 0 Å². The van der Waals surface area contributed by atoms with Gasteiger partial charge < -0.3 is 10.2 Å². The number of carboxylic acid groups (broad SMARTS) is 1. The van der Waals surface area contributed by atoms with Crippen molar-refractivity contribution in [3.05, 3.63) is 0 Å². The van der Waals surface area contributed by atoms with Crippen molar-refractivity contribution in [2.75, 3.05) is 0 Å².